The lowest BCUT2D eigenvalue weighted by molar-refractivity contribution is 0.624. The maximum atomic E-state index is 4.99. The van der Waals surface area contributed by atoms with Gasteiger partial charge in [0.25, 0.3) is 0 Å². The van der Waals surface area contributed by atoms with Crippen LogP contribution >= 0.6 is 0 Å². The minimum Gasteiger partial charge on any atom is -0.313 e. The van der Waals surface area contributed by atoms with Crippen molar-refractivity contribution < 1.29 is 0 Å². The smallest absolute Gasteiger partial charge is 0.0711 e. The first-order chi connectivity index (χ1) is 10.7. The zero-order valence-electron chi connectivity index (χ0n) is 14.3. The molecular weight excluding hydrogens is 268 g/mol. The van der Waals surface area contributed by atoms with Crippen molar-refractivity contribution in [3.8, 4) is 0 Å². The lowest BCUT2D eigenvalue weighted by Crippen LogP contribution is -2.18. The second kappa shape index (κ2) is 6.78. The molecule has 0 saturated carbocycles. The first-order valence-corrected chi connectivity index (χ1v) is 8.83. The highest BCUT2D eigenvalue weighted by atomic mass is 14.8. The molecular formula is C20H28N2. The number of aryl methyl sites for hydroxylation is 3. The number of nitrogens with zero attached hydrogens (tertiary/aromatic N) is 1. The molecule has 0 unspecified atom stereocenters. The van der Waals surface area contributed by atoms with Gasteiger partial charge in [-0.3, -0.25) is 4.98 Å². The predicted molar refractivity (Wildman–Crippen MR) is 94.5 cm³/mol. The molecule has 1 aromatic carbocycles. The molecule has 2 aromatic rings. The fraction of sp³-hybridized carbons (Fsp3) is 0.550. The fourth-order valence-electron chi connectivity index (χ4n) is 3.50. The molecule has 0 bridgehead atoms. The molecule has 2 nitrogen and oxygen atoms in total. The van der Waals surface area contributed by atoms with Gasteiger partial charge in [-0.15, -0.1) is 0 Å². The van der Waals surface area contributed by atoms with E-state index in [9.17, 15) is 0 Å². The summed E-state index contributed by atoms with van der Waals surface area (Å²) >= 11 is 0. The highest BCUT2D eigenvalue weighted by Crippen LogP contribution is 2.30. The monoisotopic (exact) mass is 296 g/mol. The maximum absolute atomic E-state index is 4.99. The zero-order chi connectivity index (χ0) is 15.5. The maximum Gasteiger partial charge on any atom is 0.0711 e. The van der Waals surface area contributed by atoms with Crippen LogP contribution < -0.4 is 5.32 Å². The van der Waals surface area contributed by atoms with Crippen molar-refractivity contribution in [2.45, 2.75) is 65.8 Å². The van der Waals surface area contributed by atoms with Crippen molar-refractivity contribution in [2.24, 2.45) is 0 Å². The summed E-state index contributed by atoms with van der Waals surface area (Å²) in [6, 6.07) is 4.62. The Balaban J connectivity index is 2.05. The van der Waals surface area contributed by atoms with Gasteiger partial charge in [-0.2, -0.15) is 0 Å². The Hall–Kier alpha value is -1.41. The molecule has 0 fully saturated rings. The number of benzene rings is 1. The Kier molecular flexibility index (Phi) is 4.77. The van der Waals surface area contributed by atoms with Crippen LogP contribution in [0.3, 0.4) is 0 Å². The Bertz CT molecular complexity index is 673. The first-order valence-electron chi connectivity index (χ1n) is 8.83. The molecule has 1 aromatic heterocycles. The van der Waals surface area contributed by atoms with Gasteiger partial charge in [-0.1, -0.05) is 13.3 Å². The molecule has 118 valence electrons. The van der Waals surface area contributed by atoms with E-state index in [1.54, 1.807) is 0 Å². The normalized spacial score (nSPS) is 14.3. The lowest BCUT2D eigenvalue weighted by atomic mass is 9.89. The van der Waals surface area contributed by atoms with Gasteiger partial charge >= 0.3 is 0 Å². The summed E-state index contributed by atoms with van der Waals surface area (Å²) in [5.74, 6) is 0. The second-order valence-electron chi connectivity index (χ2n) is 6.71. The number of fused-ring (bicyclic) bond motifs is 2. The molecule has 1 N–H and O–H groups in total. The van der Waals surface area contributed by atoms with Crippen LogP contribution in [0.5, 0.6) is 0 Å². The molecule has 1 heterocycles. The number of nitrogens with one attached hydrogen (secondary N) is 1. The molecule has 0 radical (unpaired) electrons. The number of unbranched alkanes of at least 4 members (excludes halogenated alkanes) is 1. The molecule has 1 aliphatic carbocycles. The Morgan fingerprint density at radius 1 is 1.09 bits per heavy atom. The number of aromatic nitrogens is 1. The quantitative estimate of drug-likeness (QED) is 0.814. The molecule has 3 rings (SSSR count). The average Bonchev–Trinajstić information content (AvgIpc) is 2.52. The minimum atomic E-state index is 0.990. The van der Waals surface area contributed by atoms with Gasteiger partial charge in [0.1, 0.15) is 0 Å². The van der Waals surface area contributed by atoms with Gasteiger partial charge in [0.15, 0.2) is 0 Å². The van der Waals surface area contributed by atoms with Crippen LogP contribution in [0.4, 0.5) is 0 Å². The largest absolute Gasteiger partial charge is 0.313 e. The van der Waals surface area contributed by atoms with Crippen molar-refractivity contribution in [3.63, 3.8) is 0 Å². The molecule has 0 atom stereocenters. The minimum absolute atomic E-state index is 0.990. The van der Waals surface area contributed by atoms with Crippen molar-refractivity contribution >= 4 is 10.9 Å². The highest BCUT2D eigenvalue weighted by Gasteiger charge is 2.18. The molecule has 0 saturated heterocycles. The molecule has 1 aliphatic rings. The molecule has 22 heavy (non-hydrogen) atoms. The van der Waals surface area contributed by atoms with Crippen LogP contribution in [-0.2, 0) is 19.4 Å². The summed E-state index contributed by atoms with van der Waals surface area (Å²) in [5.41, 5.74) is 8.32. The Morgan fingerprint density at radius 2 is 1.86 bits per heavy atom. The van der Waals surface area contributed by atoms with Crippen LogP contribution in [0.25, 0.3) is 10.9 Å². The Morgan fingerprint density at radius 3 is 2.68 bits per heavy atom. The number of rotatable bonds is 5. The number of hydrogen-bond donors (Lipinski definition) is 1. The van der Waals surface area contributed by atoms with E-state index in [1.165, 1.54) is 71.0 Å². The van der Waals surface area contributed by atoms with Crippen LogP contribution in [0, 0.1) is 13.8 Å². The number of hydrogen-bond acceptors (Lipinski definition) is 2. The third-order valence-corrected chi connectivity index (χ3v) is 5.00. The SMILES string of the molecule is CCCCNCc1c2c(nc3cc(C)c(C)cc13)CCCC2. The van der Waals surface area contributed by atoms with E-state index in [2.05, 4.69) is 38.2 Å². The number of pyridine rings is 1. The summed E-state index contributed by atoms with van der Waals surface area (Å²) < 4.78 is 0. The van der Waals surface area contributed by atoms with Crippen LogP contribution in [-0.4, -0.2) is 11.5 Å². The van der Waals surface area contributed by atoms with E-state index < -0.39 is 0 Å². The van der Waals surface area contributed by atoms with E-state index in [1.807, 2.05) is 0 Å². The van der Waals surface area contributed by atoms with Crippen LogP contribution in [0.1, 0.15) is 60.6 Å². The summed E-state index contributed by atoms with van der Waals surface area (Å²) in [5, 5.41) is 5.02. The van der Waals surface area contributed by atoms with Gasteiger partial charge < -0.3 is 5.32 Å². The first kappa shape index (κ1) is 15.5. The highest BCUT2D eigenvalue weighted by molar-refractivity contribution is 5.85. The van der Waals surface area contributed by atoms with Crippen molar-refractivity contribution in [2.75, 3.05) is 6.54 Å². The zero-order valence-corrected chi connectivity index (χ0v) is 14.3. The molecule has 0 aliphatic heterocycles. The van der Waals surface area contributed by atoms with Gasteiger partial charge in [0.2, 0.25) is 0 Å². The third kappa shape index (κ3) is 3.03. The average molecular weight is 296 g/mol. The van der Waals surface area contributed by atoms with E-state index in [4.69, 9.17) is 4.98 Å². The van der Waals surface area contributed by atoms with Gasteiger partial charge in [0.05, 0.1) is 5.52 Å². The van der Waals surface area contributed by atoms with Crippen molar-refractivity contribution in [1.29, 1.82) is 0 Å². The van der Waals surface area contributed by atoms with Crippen molar-refractivity contribution in [1.82, 2.24) is 10.3 Å². The van der Waals surface area contributed by atoms with E-state index >= 15 is 0 Å². The summed E-state index contributed by atoms with van der Waals surface area (Å²) in [6.45, 7) is 8.75. The lowest BCUT2D eigenvalue weighted by Gasteiger charge is -2.22. The molecule has 2 heteroatoms. The summed E-state index contributed by atoms with van der Waals surface area (Å²) in [6.07, 6.45) is 7.46. The molecule has 0 amide bonds. The fourth-order valence-corrected chi connectivity index (χ4v) is 3.50. The predicted octanol–water partition coefficient (Wildman–Crippen LogP) is 4.62. The van der Waals surface area contributed by atoms with Gasteiger partial charge in [-0.05, 0) is 86.9 Å². The van der Waals surface area contributed by atoms with E-state index in [0.717, 1.165) is 19.5 Å². The van der Waals surface area contributed by atoms with Crippen LogP contribution in [0.2, 0.25) is 0 Å². The summed E-state index contributed by atoms with van der Waals surface area (Å²) in [7, 11) is 0. The third-order valence-electron chi connectivity index (χ3n) is 5.00. The van der Waals surface area contributed by atoms with E-state index in [-0.39, 0.29) is 0 Å². The van der Waals surface area contributed by atoms with Gasteiger partial charge in [0, 0.05) is 17.6 Å². The second-order valence-corrected chi connectivity index (χ2v) is 6.71. The van der Waals surface area contributed by atoms with Gasteiger partial charge in [-0.25, -0.2) is 0 Å². The van der Waals surface area contributed by atoms with Crippen molar-refractivity contribution in [3.05, 3.63) is 40.1 Å². The standard InChI is InChI=1S/C20H28N2/c1-4-5-10-21-13-18-16-8-6-7-9-19(16)22-20-12-15(3)14(2)11-17(18)20/h11-12,21H,4-10,13H2,1-3H3. The molecule has 0 spiro atoms. The Labute approximate surface area is 134 Å². The summed E-state index contributed by atoms with van der Waals surface area (Å²) in [4.78, 5) is 4.99. The van der Waals surface area contributed by atoms with E-state index in [0.29, 0.717) is 0 Å². The topological polar surface area (TPSA) is 24.9 Å². The van der Waals surface area contributed by atoms with Crippen LogP contribution in [0.15, 0.2) is 12.1 Å².